The third kappa shape index (κ3) is 4.24. The Morgan fingerprint density at radius 3 is 2.73 bits per heavy atom. The second-order valence-electron chi connectivity index (χ2n) is 6.60. The van der Waals surface area contributed by atoms with Gasteiger partial charge in [-0.15, -0.1) is 0 Å². The molecule has 26 heavy (non-hydrogen) atoms. The van der Waals surface area contributed by atoms with Crippen LogP contribution < -0.4 is 16.0 Å². The fourth-order valence-corrected chi connectivity index (χ4v) is 2.90. The molecule has 2 aromatic heterocycles. The number of aromatic nitrogens is 2. The van der Waals surface area contributed by atoms with E-state index in [4.69, 9.17) is 0 Å². The second-order valence-corrected chi connectivity index (χ2v) is 6.60. The summed E-state index contributed by atoms with van der Waals surface area (Å²) in [5.74, 6) is 0.881. The molecule has 8 heteroatoms. The van der Waals surface area contributed by atoms with Crippen molar-refractivity contribution < 1.29 is 13.2 Å². The first-order chi connectivity index (χ1) is 12.3. The fourth-order valence-electron chi connectivity index (χ4n) is 2.90. The molecule has 0 saturated carbocycles. The largest absolute Gasteiger partial charge is 0.433 e. The number of halogens is 3. The number of fused-ring (bicyclic) bond motifs is 1. The van der Waals surface area contributed by atoms with Crippen LogP contribution in [0.3, 0.4) is 0 Å². The quantitative estimate of drug-likeness (QED) is 0.757. The highest BCUT2D eigenvalue weighted by Crippen LogP contribution is 2.28. The molecule has 5 nitrogen and oxygen atoms in total. The van der Waals surface area contributed by atoms with Crippen molar-refractivity contribution in [2.24, 2.45) is 0 Å². The van der Waals surface area contributed by atoms with E-state index in [1.54, 1.807) is 6.20 Å². The predicted molar refractivity (Wildman–Crippen MR) is 95.3 cm³/mol. The van der Waals surface area contributed by atoms with Gasteiger partial charge in [0.2, 0.25) is 0 Å². The highest BCUT2D eigenvalue weighted by atomic mass is 19.4. The van der Waals surface area contributed by atoms with Crippen molar-refractivity contribution in [2.45, 2.75) is 38.0 Å². The molecule has 0 spiro atoms. The summed E-state index contributed by atoms with van der Waals surface area (Å²) in [6, 6.07) is 6.70. The van der Waals surface area contributed by atoms with Crippen LogP contribution in [0, 0.1) is 0 Å². The van der Waals surface area contributed by atoms with E-state index < -0.39 is 11.9 Å². The van der Waals surface area contributed by atoms with Gasteiger partial charge < -0.3 is 16.0 Å². The van der Waals surface area contributed by atoms with Crippen LogP contribution in [0.1, 0.15) is 31.0 Å². The topological polar surface area (TPSA) is 61.9 Å². The van der Waals surface area contributed by atoms with E-state index in [2.05, 4.69) is 32.8 Å². The SMILES string of the molecule is C[C@@H](CN[C@H](C)[C@H]1CNc2cccnc2N1)c1ccc(C(F)(F)F)nc1. The van der Waals surface area contributed by atoms with Gasteiger partial charge in [-0.25, -0.2) is 4.98 Å². The van der Waals surface area contributed by atoms with Crippen molar-refractivity contribution in [2.75, 3.05) is 23.7 Å². The summed E-state index contributed by atoms with van der Waals surface area (Å²) >= 11 is 0. The molecule has 3 rings (SSSR count). The van der Waals surface area contributed by atoms with Crippen molar-refractivity contribution in [1.82, 2.24) is 15.3 Å². The lowest BCUT2D eigenvalue weighted by molar-refractivity contribution is -0.141. The second kappa shape index (κ2) is 7.49. The van der Waals surface area contributed by atoms with Gasteiger partial charge in [0, 0.05) is 31.5 Å². The first-order valence-corrected chi connectivity index (χ1v) is 8.56. The summed E-state index contributed by atoms with van der Waals surface area (Å²) in [5.41, 5.74) is 0.901. The van der Waals surface area contributed by atoms with Gasteiger partial charge in [0.05, 0.1) is 11.7 Å². The van der Waals surface area contributed by atoms with E-state index in [0.717, 1.165) is 29.7 Å². The van der Waals surface area contributed by atoms with Crippen LogP contribution in [0.15, 0.2) is 36.7 Å². The van der Waals surface area contributed by atoms with Gasteiger partial charge in [0.1, 0.15) is 11.5 Å². The van der Waals surface area contributed by atoms with E-state index in [-0.39, 0.29) is 18.0 Å². The zero-order valence-electron chi connectivity index (χ0n) is 14.6. The Balaban J connectivity index is 1.54. The lowest BCUT2D eigenvalue weighted by atomic mass is 10.0. The molecule has 0 aliphatic carbocycles. The minimum absolute atomic E-state index is 0.0502. The normalized spacial score (nSPS) is 19.0. The standard InChI is InChI=1S/C18H22F3N5/c1-11(13-5-6-16(25-9-13)18(19,20)21)8-23-12(2)15-10-24-14-4-3-7-22-17(14)26-15/h3-7,9,11-12,15,23-24H,8,10H2,1-2H3,(H,22,26)/t11-,12+,15+/m0/s1. The molecule has 3 heterocycles. The molecule has 3 N–H and O–H groups in total. The molecular formula is C18H22F3N5. The smallest absolute Gasteiger partial charge is 0.380 e. The fraction of sp³-hybridized carbons (Fsp3) is 0.444. The van der Waals surface area contributed by atoms with Crippen LogP contribution >= 0.6 is 0 Å². The molecule has 3 atom stereocenters. The third-order valence-electron chi connectivity index (χ3n) is 4.64. The van der Waals surface area contributed by atoms with Crippen LogP contribution in [-0.2, 0) is 6.18 Å². The molecule has 0 aromatic carbocycles. The number of nitrogens with zero attached hydrogens (tertiary/aromatic N) is 2. The van der Waals surface area contributed by atoms with E-state index in [0.29, 0.717) is 6.54 Å². The van der Waals surface area contributed by atoms with Crippen LogP contribution in [0.2, 0.25) is 0 Å². The van der Waals surface area contributed by atoms with Crippen molar-refractivity contribution in [3.8, 4) is 0 Å². The summed E-state index contributed by atoms with van der Waals surface area (Å²) in [5, 5.41) is 10.2. The van der Waals surface area contributed by atoms with Crippen molar-refractivity contribution in [3.05, 3.63) is 47.9 Å². The van der Waals surface area contributed by atoms with E-state index in [9.17, 15) is 13.2 Å². The lowest BCUT2D eigenvalue weighted by Crippen LogP contribution is -2.48. The summed E-state index contributed by atoms with van der Waals surface area (Å²) in [7, 11) is 0. The van der Waals surface area contributed by atoms with Crippen LogP contribution in [0.4, 0.5) is 24.7 Å². The maximum atomic E-state index is 12.6. The number of hydrogen-bond donors (Lipinski definition) is 3. The van der Waals surface area contributed by atoms with Crippen molar-refractivity contribution in [1.29, 1.82) is 0 Å². The summed E-state index contributed by atoms with van der Waals surface area (Å²) < 4.78 is 37.8. The van der Waals surface area contributed by atoms with Crippen LogP contribution in [0.5, 0.6) is 0 Å². The van der Waals surface area contributed by atoms with Gasteiger partial charge >= 0.3 is 6.18 Å². The number of nitrogens with one attached hydrogen (secondary N) is 3. The highest BCUT2D eigenvalue weighted by molar-refractivity contribution is 5.66. The summed E-state index contributed by atoms with van der Waals surface area (Å²) in [6.45, 7) is 5.45. The molecule has 0 saturated heterocycles. The summed E-state index contributed by atoms with van der Waals surface area (Å²) in [4.78, 5) is 7.85. The minimum Gasteiger partial charge on any atom is -0.380 e. The maximum Gasteiger partial charge on any atom is 0.433 e. The number of hydrogen-bond acceptors (Lipinski definition) is 5. The van der Waals surface area contributed by atoms with Gasteiger partial charge in [0.15, 0.2) is 0 Å². The first kappa shape index (κ1) is 18.4. The molecule has 0 radical (unpaired) electrons. The van der Waals surface area contributed by atoms with Gasteiger partial charge in [-0.3, -0.25) is 4.98 Å². The Kier molecular flexibility index (Phi) is 5.31. The van der Waals surface area contributed by atoms with Crippen LogP contribution in [0.25, 0.3) is 0 Å². The molecule has 0 unspecified atom stereocenters. The lowest BCUT2D eigenvalue weighted by Gasteiger charge is -2.32. The molecule has 0 amide bonds. The first-order valence-electron chi connectivity index (χ1n) is 8.56. The maximum absolute atomic E-state index is 12.6. The Hall–Kier alpha value is -2.35. The van der Waals surface area contributed by atoms with E-state index in [1.807, 2.05) is 19.1 Å². The van der Waals surface area contributed by atoms with Crippen molar-refractivity contribution in [3.63, 3.8) is 0 Å². The average molecular weight is 365 g/mol. The zero-order chi connectivity index (χ0) is 18.7. The molecule has 0 bridgehead atoms. The van der Waals surface area contributed by atoms with Crippen LogP contribution in [-0.4, -0.2) is 35.1 Å². The molecule has 1 aliphatic rings. The predicted octanol–water partition coefficient (Wildman–Crippen LogP) is 3.48. The highest BCUT2D eigenvalue weighted by Gasteiger charge is 2.32. The number of anilines is 2. The Labute approximate surface area is 150 Å². The molecular weight excluding hydrogens is 343 g/mol. The molecule has 140 valence electrons. The van der Waals surface area contributed by atoms with Gasteiger partial charge in [0.25, 0.3) is 0 Å². The monoisotopic (exact) mass is 365 g/mol. The van der Waals surface area contributed by atoms with Crippen molar-refractivity contribution >= 4 is 11.5 Å². The minimum atomic E-state index is -4.40. The molecule has 2 aromatic rings. The summed E-state index contributed by atoms with van der Waals surface area (Å²) in [6.07, 6.45) is -1.35. The number of rotatable bonds is 5. The molecule has 1 aliphatic heterocycles. The zero-order valence-corrected chi connectivity index (χ0v) is 14.6. The Morgan fingerprint density at radius 1 is 1.23 bits per heavy atom. The number of alkyl halides is 3. The Bertz CT molecular complexity index is 732. The van der Waals surface area contributed by atoms with Gasteiger partial charge in [-0.1, -0.05) is 13.0 Å². The van der Waals surface area contributed by atoms with E-state index >= 15 is 0 Å². The van der Waals surface area contributed by atoms with Gasteiger partial charge in [-0.05, 0) is 36.6 Å². The Morgan fingerprint density at radius 2 is 2.04 bits per heavy atom. The molecule has 0 fully saturated rings. The van der Waals surface area contributed by atoms with E-state index in [1.165, 1.54) is 12.3 Å². The van der Waals surface area contributed by atoms with Gasteiger partial charge in [-0.2, -0.15) is 13.2 Å². The average Bonchev–Trinajstić information content (AvgIpc) is 2.64. The number of pyridine rings is 2. The third-order valence-corrected chi connectivity index (χ3v) is 4.64.